The molecular formula is C72H61AlO8Si6. The second kappa shape index (κ2) is 25.8. The van der Waals surface area contributed by atoms with Crippen molar-refractivity contribution in [3.8, 4) is 0 Å². The van der Waals surface area contributed by atoms with Gasteiger partial charge in [0.15, 0.2) is 0 Å². The summed E-state index contributed by atoms with van der Waals surface area (Å²) in [5.41, 5.74) is 0. The molecule has 0 radical (unpaired) electrons. The highest BCUT2D eigenvalue weighted by atomic mass is 28.5. The van der Waals surface area contributed by atoms with E-state index in [9.17, 15) is 4.80 Å². The van der Waals surface area contributed by atoms with Gasteiger partial charge < -0.3 is 31.7 Å². The lowest BCUT2D eigenvalue weighted by atomic mass is 10.4. The molecule has 8 nitrogen and oxygen atoms in total. The van der Waals surface area contributed by atoms with Gasteiger partial charge in [0.05, 0.1) is 0 Å². The number of hydrogen-bond donors (Lipinski definition) is 1. The minimum atomic E-state index is -4.56. The van der Waals surface area contributed by atoms with E-state index in [1.807, 2.05) is 218 Å². The summed E-state index contributed by atoms with van der Waals surface area (Å²) in [6, 6.07) is 122. The van der Waals surface area contributed by atoms with Crippen molar-refractivity contribution in [3.63, 3.8) is 0 Å². The Hall–Kier alpha value is -7.85. The Balaban J connectivity index is 1.15. The highest BCUT2D eigenvalue weighted by molar-refractivity contribution is 7.13. The summed E-state index contributed by atoms with van der Waals surface area (Å²) in [5.74, 6) is 0. The summed E-state index contributed by atoms with van der Waals surface area (Å²) in [7, 11) is -26.1. The molecule has 87 heavy (non-hydrogen) atoms. The van der Waals surface area contributed by atoms with Crippen LogP contribution in [-0.4, -0.2) is 71.3 Å². The molecular weight excluding hydrogens is 1190 g/mol. The van der Waals surface area contributed by atoms with Gasteiger partial charge in [0.25, 0.3) is 0 Å². The summed E-state index contributed by atoms with van der Waals surface area (Å²) in [6.07, 6.45) is 0. The van der Waals surface area contributed by atoms with Crippen LogP contribution >= 0.6 is 0 Å². The Kier molecular flexibility index (Phi) is 17.3. The van der Waals surface area contributed by atoms with Gasteiger partial charge >= 0.3 is 66.5 Å². The van der Waals surface area contributed by atoms with E-state index in [4.69, 9.17) is 26.9 Å². The maximum Gasteiger partial charge on any atom is 0.877 e. The van der Waals surface area contributed by atoms with E-state index in [1.54, 1.807) is 0 Å². The second-order valence-electron chi connectivity index (χ2n) is 21.2. The molecule has 15 heteroatoms. The highest BCUT2D eigenvalue weighted by Gasteiger charge is 2.68. The van der Waals surface area contributed by atoms with E-state index in [2.05, 4.69) is 146 Å². The molecule has 0 aliphatic carbocycles. The van der Waals surface area contributed by atoms with Crippen LogP contribution in [0.4, 0.5) is 0 Å². The lowest BCUT2D eigenvalue weighted by molar-refractivity contribution is 0.209. The zero-order valence-electron chi connectivity index (χ0n) is 47.5. The summed E-state index contributed by atoms with van der Waals surface area (Å²) >= 11 is -4.04. The minimum Gasteiger partial charge on any atom is -0.473 e. The van der Waals surface area contributed by atoms with Crippen LogP contribution in [0.15, 0.2) is 364 Å². The van der Waals surface area contributed by atoms with Crippen molar-refractivity contribution < 1.29 is 31.7 Å². The maximum atomic E-state index is 14.2. The van der Waals surface area contributed by atoms with E-state index in [1.165, 1.54) is 0 Å². The molecule has 0 spiro atoms. The van der Waals surface area contributed by atoms with Crippen LogP contribution in [0, 0.1) is 0 Å². The van der Waals surface area contributed by atoms with Crippen molar-refractivity contribution in [3.05, 3.63) is 364 Å². The van der Waals surface area contributed by atoms with Crippen LogP contribution in [-0.2, 0) is 26.9 Å². The summed E-state index contributed by atoms with van der Waals surface area (Å²) < 4.78 is 59.8. The zero-order valence-corrected chi connectivity index (χ0v) is 54.7. The topological polar surface area (TPSA) is 84.8 Å². The largest absolute Gasteiger partial charge is 0.877 e. The smallest absolute Gasteiger partial charge is 0.473 e. The Bertz CT molecular complexity index is 3770. The molecule has 12 aromatic carbocycles. The first-order chi connectivity index (χ1) is 42.9. The molecule has 13 rings (SSSR count). The Morgan fingerprint density at radius 2 is 0.448 bits per heavy atom. The molecule has 0 unspecified atom stereocenters. The number of rotatable bonds is 18. The third kappa shape index (κ3) is 11.4. The molecule has 12 aromatic rings. The van der Waals surface area contributed by atoms with Crippen LogP contribution in [0.3, 0.4) is 0 Å². The lowest BCUT2D eigenvalue weighted by Crippen LogP contribution is -2.85. The maximum absolute atomic E-state index is 14.2. The third-order valence-corrected chi connectivity index (χ3v) is 44.5. The average Bonchev–Trinajstić information content (AvgIpc) is 0.774. The Morgan fingerprint density at radius 1 is 0.241 bits per heavy atom. The quantitative estimate of drug-likeness (QED) is 0.0961. The van der Waals surface area contributed by atoms with E-state index < -0.39 is 66.5 Å². The van der Waals surface area contributed by atoms with Gasteiger partial charge in [-0.3, -0.25) is 0 Å². The van der Waals surface area contributed by atoms with Crippen molar-refractivity contribution in [1.82, 2.24) is 0 Å². The molecule has 0 amide bonds. The summed E-state index contributed by atoms with van der Waals surface area (Å²) in [6.45, 7) is 0. The van der Waals surface area contributed by atoms with Crippen molar-refractivity contribution in [1.29, 1.82) is 0 Å². The van der Waals surface area contributed by atoms with Gasteiger partial charge in [-0.2, -0.15) is 0 Å². The summed E-state index contributed by atoms with van der Waals surface area (Å²) in [5, 5.41) is 9.41. The van der Waals surface area contributed by atoms with E-state index in [0.29, 0.717) is 10.4 Å². The molecule has 0 aromatic heterocycles. The van der Waals surface area contributed by atoms with Crippen LogP contribution in [0.25, 0.3) is 0 Å². The van der Waals surface area contributed by atoms with Gasteiger partial charge in [0, 0.05) is 0 Å². The first-order valence-electron chi connectivity index (χ1n) is 29.1. The molecule has 1 fully saturated rings. The van der Waals surface area contributed by atoms with Crippen LogP contribution < -0.4 is 62.2 Å². The molecule has 0 saturated carbocycles. The second-order valence-corrected chi connectivity index (χ2v) is 42.2. The molecule has 1 N–H and O–H groups in total. The first-order valence-corrected chi connectivity index (χ1v) is 41.5. The van der Waals surface area contributed by atoms with Crippen LogP contribution in [0.2, 0.25) is 0 Å². The Morgan fingerprint density at radius 3 is 0.701 bits per heavy atom. The molecule has 1 aliphatic rings. The lowest BCUT2D eigenvalue weighted by Gasteiger charge is -2.51. The molecule has 1 saturated heterocycles. The number of benzene rings is 12. The fourth-order valence-corrected chi connectivity index (χ4v) is 46.7. The van der Waals surface area contributed by atoms with Gasteiger partial charge in [-0.05, 0) is 62.2 Å². The third-order valence-electron chi connectivity index (χ3n) is 15.8. The fourth-order valence-electron chi connectivity index (χ4n) is 11.7. The zero-order chi connectivity index (χ0) is 58.9. The van der Waals surface area contributed by atoms with Gasteiger partial charge in [-0.25, -0.2) is 0 Å². The van der Waals surface area contributed by atoms with Crippen LogP contribution in [0.1, 0.15) is 0 Å². The van der Waals surface area contributed by atoms with Crippen molar-refractivity contribution in [2.75, 3.05) is 0 Å². The Labute approximate surface area is 520 Å². The predicted molar refractivity (Wildman–Crippen MR) is 363 cm³/mol. The van der Waals surface area contributed by atoms with Crippen molar-refractivity contribution >= 4 is 129 Å². The SMILES string of the molecule is O[Si](O[Si](O[Si]([O][Al]1[O][Si](c2ccccc2)(c2ccccc2)O[Si](c2ccccc2)(c2ccccc2)O[Si](c2ccccc2)(c2ccccc2)[O]1)(c1ccccc1)c1ccccc1)(c1ccccc1)c1ccccc1)(c1ccccc1)c1ccccc1. The van der Waals surface area contributed by atoms with Crippen LogP contribution in [0.5, 0.6) is 0 Å². The normalized spacial score (nSPS) is 14.9. The highest BCUT2D eigenvalue weighted by Crippen LogP contribution is 2.32. The van der Waals surface area contributed by atoms with E-state index in [0.717, 1.165) is 51.9 Å². The van der Waals surface area contributed by atoms with Crippen molar-refractivity contribution in [2.24, 2.45) is 0 Å². The van der Waals surface area contributed by atoms with Gasteiger partial charge in [0.2, 0.25) is 0 Å². The monoisotopic (exact) mass is 1250 g/mol. The molecule has 1 aliphatic heterocycles. The first kappa shape index (κ1) is 58.2. The summed E-state index contributed by atoms with van der Waals surface area (Å²) in [4.78, 5) is 14.2. The van der Waals surface area contributed by atoms with Gasteiger partial charge in [-0.15, -0.1) is 0 Å². The van der Waals surface area contributed by atoms with Crippen molar-refractivity contribution in [2.45, 2.75) is 0 Å². The van der Waals surface area contributed by atoms with E-state index in [-0.39, 0.29) is 0 Å². The van der Waals surface area contributed by atoms with Gasteiger partial charge in [0.1, 0.15) is 0 Å². The molecule has 0 bridgehead atoms. The minimum absolute atomic E-state index is 0.652. The van der Waals surface area contributed by atoms with E-state index >= 15 is 0 Å². The molecule has 1 heterocycles. The molecule has 424 valence electrons. The number of hydrogen-bond acceptors (Lipinski definition) is 8. The fraction of sp³-hybridized carbons (Fsp3) is 0. The standard InChI is InChI=1S/C36H31O4Si3.C36H30O4Si3.Al/c2*37-41(31-19-7-1-8-20-31,32-21-9-2-10-22-32)39-43(35-27-15-5-16-28-35,36-29-17-6-18-30-36)40-42(38,33-23-11-3-12-24-33)34-25-13-4-14-26-34;/h1-30,37H;1-30H;/q-1;-2;+3. The predicted octanol–water partition coefficient (Wildman–Crippen LogP) is 6.63. The average molecular weight is 1250 g/mol. The molecule has 0 atom stereocenters. The van der Waals surface area contributed by atoms with Gasteiger partial charge in [-0.1, -0.05) is 364 Å².